The van der Waals surface area contributed by atoms with Gasteiger partial charge in [0.2, 0.25) is 0 Å². The average Bonchev–Trinajstić information content (AvgIpc) is 2.77. The second kappa shape index (κ2) is 8.13. The molecule has 1 aliphatic heterocycles. The number of nitrogens with two attached hydrogens (primary N) is 1. The van der Waals surface area contributed by atoms with E-state index in [4.69, 9.17) is 27.1 Å². The molecule has 1 fully saturated rings. The molecule has 3 heterocycles. The van der Waals surface area contributed by atoms with Crippen molar-refractivity contribution in [3.63, 3.8) is 0 Å². The van der Waals surface area contributed by atoms with E-state index < -0.39 is 0 Å². The molecule has 156 valence electrons. The Labute approximate surface area is 185 Å². The fourth-order valence-corrected chi connectivity index (χ4v) is 4.23. The molecule has 0 amide bonds. The molecule has 0 atom stereocenters. The zero-order valence-electron chi connectivity index (χ0n) is 17.1. The summed E-state index contributed by atoms with van der Waals surface area (Å²) in [5.74, 6) is 1.11. The first kappa shape index (κ1) is 19.7. The van der Waals surface area contributed by atoms with Gasteiger partial charge in [0.05, 0.1) is 22.8 Å². The molecule has 0 unspecified atom stereocenters. The molecule has 6 nitrogen and oxygen atoms in total. The number of pyridine rings is 1. The number of nitrogen functional groups attached to an aromatic ring is 1. The van der Waals surface area contributed by atoms with Crippen LogP contribution in [0.4, 0.5) is 5.82 Å². The summed E-state index contributed by atoms with van der Waals surface area (Å²) in [4.78, 5) is 16.1. The van der Waals surface area contributed by atoms with Crippen LogP contribution in [0, 0.1) is 5.92 Å². The maximum atomic E-state index is 6.55. The molecule has 5 rings (SSSR count). The van der Waals surface area contributed by atoms with E-state index in [1.165, 1.54) is 0 Å². The van der Waals surface area contributed by atoms with Gasteiger partial charge in [-0.25, -0.2) is 9.97 Å². The van der Waals surface area contributed by atoms with Crippen LogP contribution < -0.4 is 10.5 Å². The highest BCUT2D eigenvalue weighted by atomic mass is 35.5. The Bertz CT molecular complexity index is 1240. The van der Waals surface area contributed by atoms with Crippen LogP contribution in [0.15, 0.2) is 60.8 Å². The summed E-state index contributed by atoms with van der Waals surface area (Å²) in [5.41, 5.74) is 10.1. The number of halogens is 1. The van der Waals surface area contributed by atoms with Crippen molar-refractivity contribution in [2.75, 3.05) is 32.5 Å². The van der Waals surface area contributed by atoms with Gasteiger partial charge in [-0.05, 0) is 25.2 Å². The molecule has 0 saturated carbocycles. The third-order valence-electron chi connectivity index (χ3n) is 5.46. The molecule has 0 bridgehead atoms. The van der Waals surface area contributed by atoms with E-state index in [0.717, 1.165) is 35.1 Å². The normalized spacial score (nSPS) is 14.5. The first-order valence-electron chi connectivity index (χ1n) is 10.2. The first-order chi connectivity index (χ1) is 15.1. The summed E-state index contributed by atoms with van der Waals surface area (Å²) in [6, 6.07) is 17.6. The molecule has 2 aromatic carbocycles. The highest BCUT2D eigenvalue weighted by molar-refractivity contribution is 6.35. The maximum absolute atomic E-state index is 6.55. The summed E-state index contributed by atoms with van der Waals surface area (Å²) in [6.45, 7) is 2.58. The smallest absolute Gasteiger partial charge is 0.257 e. The zero-order chi connectivity index (χ0) is 21.4. The molecule has 0 radical (unpaired) electrons. The van der Waals surface area contributed by atoms with E-state index in [0.29, 0.717) is 34.8 Å². The van der Waals surface area contributed by atoms with Gasteiger partial charge < -0.3 is 15.4 Å². The predicted molar refractivity (Wildman–Crippen MR) is 124 cm³/mol. The van der Waals surface area contributed by atoms with E-state index >= 15 is 0 Å². The average molecular weight is 432 g/mol. The standard InChI is InChI=1S/C24H22ClN5O/c1-30-12-15(13-30)14-31-24-23(26)28-21(16-6-3-2-4-7-16)22(29-24)18-10-17-8-5-9-27-20(17)19(25)11-18/h2-11,15H,12-14H2,1H3,(H2,26,28). The topological polar surface area (TPSA) is 77.2 Å². The first-order valence-corrected chi connectivity index (χ1v) is 10.5. The Kier molecular flexibility index (Phi) is 5.18. The van der Waals surface area contributed by atoms with Gasteiger partial charge in [-0.2, -0.15) is 0 Å². The van der Waals surface area contributed by atoms with E-state index in [-0.39, 0.29) is 5.82 Å². The second-order valence-electron chi connectivity index (χ2n) is 7.91. The fourth-order valence-electron chi connectivity index (χ4n) is 3.95. The van der Waals surface area contributed by atoms with Gasteiger partial charge in [-0.15, -0.1) is 0 Å². The number of rotatable bonds is 5. The van der Waals surface area contributed by atoms with Crippen LogP contribution in [-0.2, 0) is 0 Å². The quantitative estimate of drug-likeness (QED) is 0.500. The summed E-state index contributed by atoms with van der Waals surface area (Å²) in [7, 11) is 2.09. The number of fused-ring (bicyclic) bond motifs is 1. The number of aromatic nitrogens is 3. The van der Waals surface area contributed by atoms with Crippen LogP contribution in [-0.4, -0.2) is 46.6 Å². The fraction of sp³-hybridized carbons (Fsp3) is 0.208. The Morgan fingerprint density at radius 2 is 1.81 bits per heavy atom. The summed E-state index contributed by atoms with van der Waals surface area (Å²) < 4.78 is 5.99. The van der Waals surface area contributed by atoms with Crippen molar-refractivity contribution in [3.05, 3.63) is 65.8 Å². The lowest BCUT2D eigenvalue weighted by Crippen LogP contribution is -2.46. The number of ether oxygens (including phenoxy) is 1. The Morgan fingerprint density at radius 1 is 1.03 bits per heavy atom. The highest BCUT2D eigenvalue weighted by Crippen LogP contribution is 2.36. The minimum atomic E-state index is 0.281. The van der Waals surface area contributed by atoms with Gasteiger partial charge >= 0.3 is 0 Å². The lowest BCUT2D eigenvalue weighted by atomic mass is 10.0. The number of hydrogen-bond acceptors (Lipinski definition) is 6. The van der Waals surface area contributed by atoms with E-state index in [1.54, 1.807) is 6.20 Å². The van der Waals surface area contributed by atoms with Crippen LogP contribution in [0.3, 0.4) is 0 Å². The van der Waals surface area contributed by atoms with Crippen LogP contribution in [0.25, 0.3) is 33.4 Å². The Balaban J connectivity index is 1.61. The minimum Gasteiger partial charge on any atom is -0.475 e. The summed E-state index contributed by atoms with van der Waals surface area (Å²) in [5, 5.41) is 1.49. The molecular formula is C24H22ClN5O. The molecular weight excluding hydrogens is 410 g/mol. The molecule has 1 saturated heterocycles. The lowest BCUT2D eigenvalue weighted by Gasteiger charge is -2.35. The Hall–Kier alpha value is -3.22. The molecule has 31 heavy (non-hydrogen) atoms. The van der Waals surface area contributed by atoms with Crippen LogP contribution in [0.2, 0.25) is 5.02 Å². The molecule has 1 aliphatic rings. The lowest BCUT2D eigenvalue weighted by molar-refractivity contribution is 0.0841. The highest BCUT2D eigenvalue weighted by Gasteiger charge is 2.25. The van der Waals surface area contributed by atoms with E-state index in [1.807, 2.05) is 54.6 Å². The number of nitrogens with zero attached hydrogens (tertiary/aromatic N) is 4. The van der Waals surface area contributed by atoms with Crippen molar-refractivity contribution < 1.29 is 4.74 Å². The van der Waals surface area contributed by atoms with Crippen molar-refractivity contribution in [1.29, 1.82) is 0 Å². The van der Waals surface area contributed by atoms with Gasteiger partial charge in [0.1, 0.15) is 5.69 Å². The Morgan fingerprint density at radius 3 is 2.58 bits per heavy atom. The minimum absolute atomic E-state index is 0.281. The van der Waals surface area contributed by atoms with E-state index in [9.17, 15) is 0 Å². The molecule has 7 heteroatoms. The monoisotopic (exact) mass is 431 g/mol. The SMILES string of the molecule is CN1CC(COc2nc(-c3cc(Cl)c4ncccc4c3)c(-c3ccccc3)nc2N)C1. The van der Waals surface area contributed by atoms with Crippen molar-refractivity contribution in [2.24, 2.45) is 5.92 Å². The predicted octanol–water partition coefficient (Wildman–Crippen LogP) is 4.53. The van der Waals surface area contributed by atoms with Crippen LogP contribution in [0.5, 0.6) is 5.88 Å². The van der Waals surface area contributed by atoms with Crippen molar-refractivity contribution in [1.82, 2.24) is 19.9 Å². The summed E-state index contributed by atoms with van der Waals surface area (Å²) >= 11 is 6.55. The van der Waals surface area contributed by atoms with E-state index in [2.05, 4.69) is 21.9 Å². The zero-order valence-corrected chi connectivity index (χ0v) is 17.9. The molecule has 2 N–H and O–H groups in total. The molecule has 2 aromatic heterocycles. The molecule has 4 aromatic rings. The van der Waals surface area contributed by atoms with Gasteiger partial charge in [0.15, 0.2) is 5.82 Å². The molecule has 0 aliphatic carbocycles. The third-order valence-corrected chi connectivity index (χ3v) is 5.75. The van der Waals surface area contributed by atoms with Crippen molar-refractivity contribution >= 4 is 28.3 Å². The van der Waals surface area contributed by atoms with Crippen LogP contribution >= 0.6 is 11.6 Å². The number of anilines is 1. The van der Waals surface area contributed by atoms with Gasteiger partial charge in [0.25, 0.3) is 5.88 Å². The maximum Gasteiger partial charge on any atom is 0.257 e. The summed E-state index contributed by atoms with van der Waals surface area (Å²) in [6.07, 6.45) is 1.73. The van der Waals surface area contributed by atoms with Crippen LogP contribution in [0.1, 0.15) is 0 Å². The van der Waals surface area contributed by atoms with Gasteiger partial charge in [0, 0.05) is 41.7 Å². The second-order valence-corrected chi connectivity index (χ2v) is 8.32. The number of hydrogen-bond donors (Lipinski definition) is 1. The third kappa shape index (κ3) is 3.92. The van der Waals surface area contributed by atoms with Gasteiger partial charge in [-0.1, -0.05) is 48.0 Å². The largest absolute Gasteiger partial charge is 0.475 e. The molecule has 0 spiro atoms. The van der Waals surface area contributed by atoms with Crippen molar-refractivity contribution in [3.8, 4) is 28.4 Å². The van der Waals surface area contributed by atoms with Gasteiger partial charge in [-0.3, -0.25) is 4.98 Å². The number of benzene rings is 2. The van der Waals surface area contributed by atoms with Crippen molar-refractivity contribution in [2.45, 2.75) is 0 Å². The number of likely N-dealkylation sites (tertiary alicyclic amines) is 1.